The molecule has 1 atom stereocenters. The van der Waals surface area contributed by atoms with Crippen LogP contribution in [0.3, 0.4) is 0 Å². The SMILES string of the molecule is Cc1nc(CN2CCCC(COc3ccccn3)C2)cs1. The lowest BCUT2D eigenvalue weighted by Gasteiger charge is -2.32. The molecule has 1 aliphatic rings. The van der Waals surface area contributed by atoms with Crippen molar-refractivity contribution in [1.29, 1.82) is 0 Å². The van der Waals surface area contributed by atoms with Crippen molar-refractivity contribution in [1.82, 2.24) is 14.9 Å². The van der Waals surface area contributed by atoms with E-state index in [1.807, 2.05) is 18.2 Å². The van der Waals surface area contributed by atoms with Gasteiger partial charge in [-0.05, 0) is 32.4 Å². The van der Waals surface area contributed by atoms with E-state index in [1.54, 1.807) is 17.5 Å². The molecule has 1 aliphatic heterocycles. The van der Waals surface area contributed by atoms with Gasteiger partial charge in [-0.2, -0.15) is 0 Å². The second kappa shape index (κ2) is 7.00. The zero-order chi connectivity index (χ0) is 14.5. The first-order valence-corrected chi connectivity index (χ1v) is 8.35. The second-order valence-electron chi connectivity index (χ2n) is 5.58. The summed E-state index contributed by atoms with van der Waals surface area (Å²) < 4.78 is 5.80. The van der Waals surface area contributed by atoms with Gasteiger partial charge in [-0.25, -0.2) is 9.97 Å². The first kappa shape index (κ1) is 14.5. The largest absolute Gasteiger partial charge is 0.477 e. The second-order valence-corrected chi connectivity index (χ2v) is 6.64. The molecule has 5 heteroatoms. The average molecular weight is 303 g/mol. The van der Waals surface area contributed by atoms with E-state index in [0.717, 1.165) is 37.1 Å². The maximum atomic E-state index is 5.80. The third-order valence-corrected chi connectivity index (χ3v) is 4.58. The highest BCUT2D eigenvalue weighted by molar-refractivity contribution is 7.09. The van der Waals surface area contributed by atoms with Crippen LogP contribution >= 0.6 is 11.3 Å². The Morgan fingerprint density at radius 3 is 3.14 bits per heavy atom. The zero-order valence-electron chi connectivity index (χ0n) is 12.4. The summed E-state index contributed by atoms with van der Waals surface area (Å²) in [5.74, 6) is 1.31. The highest BCUT2D eigenvalue weighted by atomic mass is 32.1. The Morgan fingerprint density at radius 2 is 2.38 bits per heavy atom. The van der Waals surface area contributed by atoms with Gasteiger partial charge >= 0.3 is 0 Å². The third kappa shape index (κ3) is 4.25. The number of pyridine rings is 1. The highest BCUT2D eigenvalue weighted by Gasteiger charge is 2.21. The van der Waals surface area contributed by atoms with E-state index in [-0.39, 0.29) is 0 Å². The molecule has 0 radical (unpaired) electrons. The molecule has 0 saturated carbocycles. The Balaban J connectivity index is 1.49. The molecule has 0 spiro atoms. The van der Waals surface area contributed by atoms with E-state index in [0.29, 0.717) is 5.92 Å². The summed E-state index contributed by atoms with van der Waals surface area (Å²) in [5.41, 5.74) is 1.20. The number of likely N-dealkylation sites (tertiary alicyclic amines) is 1. The van der Waals surface area contributed by atoms with Crippen LogP contribution in [0.25, 0.3) is 0 Å². The van der Waals surface area contributed by atoms with E-state index in [1.165, 1.54) is 18.5 Å². The summed E-state index contributed by atoms with van der Waals surface area (Å²) in [4.78, 5) is 11.3. The molecule has 3 heterocycles. The lowest BCUT2D eigenvalue weighted by atomic mass is 9.99. The van der Waals surface area contributed by atoms with Crippen molar-refractivity contribution in [2.45, 2.75) is 26.3 Å². The predicted octanol–water partition coefficient (Wildman–Crippen LogP) is 3.14. The topological polar surface area (TPSA) is 38.2 Å². The molecule has 0 bridgehead atoms. The van der Waals surface area contributed by atoms with Crippen molar-refractivity contribution < 1.29 is 4.74 Å². The zero-order valence-corrected chi connectivity index (χ0v) is 13.2. The number of aromatic nitrogens is 2. The van der Waals surface area contributed by atoms with Crippen molar-refractivity contribution >= 4 is 11.3 Å². The Labute approximate surface area is 129 Å². The molecule has 3 rings (SSSR count). The summed E-state index contributed by atoms with van der Waals surface area (Å²) in [5, 5.41) is 3.32. The highest BCUT2D eigenvalue weighted by Crippen LogP contribution is 2.20. The van der Waals surface area contributed by atoms with Crippen molar-refractivity contribution in [3.05, 3.63) is 40.5 Å². The van der Waals surface area contributed by atoms with Gasteiger partial charge in [0.1, 0.15) is 0 Å². The van der Waals surface area contributed by atoms with Gasteiger partial charge in [0.2, 0.25) is 5.88 Å². The monoisotopic (exact) mass is 303 g/mol. The maximum Gasteiger partial charge on any atom is 0.213 e. The first-order chi connectivity index (χ1) is 10.3. The summed E-state index contributed by atoms with van der Waals surface area (Å²) in [6, 6.07) is 5.78. The number of aryl methyl sites for hydroxylation is 1. The fourth-order valence-electron chi connectivity index (χ4n) is 2.78. The molecular weight excluding hydrogens is 282 g/mol. The fraction of sp³-hybridized carbons (Fsp3) is 0.500. The van der Waals surface area contributed by atoms with Crippen LogP contribution in [-0.4, -0.2) is 34.6 Å². The van der Waals surface area contributed by atoms with Crippen LogP contribution in [0, 0.1) is 12.8 Å². The molecule has 2 aromatic heterocycles. The van der Waals surface area contributed by atoms with Crippen LogP contribution in [0.15, 0.2) is 29.8 Å². The molecular formula is C16H21N3OS. The molecule has 1 fully saturated rings. The number of thiazole rings is 1. The van der Waals surface area contributed by atoms with Crippen LogP contribution < -0.4 is 4.74 Å². The number of piperidine rings is 1. The molecule has 0 aliphatic carbocycles. The van der Waals surface area contributed by atoms with Crippen molar-refractivity contribution in [2.75, 3.05) is 19.7 Å². The number of hydrogen-bond donors (Lipinski definition) is 0. The quantitative estimate of drug-likeness (QED) is 0.850. The minimum Gasteiger partial charge on any atom is -0.477 e. The van der Waals surface area contributed by atoms with Crippen molar-refractivity contribution in [3.8, 4) is 5.88 Å². The van der Waals surface area contributed by atoms with Gasteiger partial charge in [-0.1, -0.05) is 6.07 Å². The van der Waals surface area contributed by atoms with Gasteiger partial charge in [-0.3, -0.25) is 4.90 Å². The lowest BCUT2D eigenvalue weighted by Crippen LogP contribution is -2.37. The van der Waals surface area contributed by atoms with Crippen molar-refractivity contribution in [2.24, 2.45) is 5.92 Å². The van der Waals surface area contributed by atoms with Crippen LogP contribution in [0.4, 0.5) is 0 Å². The number of ether oxygens (including phenoxy) is 1. The van der Waals surface area contributed by atoms with E-state index >= 15 is 0 Å². The number of rotatable bonds is 5. The molecule has 0 aromatic carbocycles. The molecule has 0 N–H and O–H groups in total. The van der Waals surface area contributed by atoms with Crippen LogP contribution in [0.2, 0.25) is 0 Å². The minimum absolute atomic E-state index is 0.584. The summed E-state index contributed by atoms with van der Waals surface area (Å²) in [7, 11) is 0. The van der Waals surface area contributed by atoms with Gasteiger partial charge in [0.15, 0.2) is 0 Å². The van der Waals surface area contributed by atoms with Gasteiger partial charge in [0.05, 0.1) is 17.3 Å². The minimum atomic E-state index is 0.584. The van der Waals surface area contributed by atoms with Crippen LogP contribution in [0.1, 0.15) is 23.5 Å². The summed E-state index contributed by atoms with van der Waals surface area (Å²) >= 11 is 1.73. The van der Waals surface area contributed by atoms with E-state index in [2.05, 4.69) is 27.2 Å². The standard InChI is InChI=1S/C16H21N3OS/c1-13-18-15(12-21-13)10-19-8-4-5-14(9-19)11-20-16-6-2-3-7-17-16/h2-3,6-7,12,14H,4-5,8-11H2,1H3. The summed E-state index contributed by atoms with van der Waals surface area (Å²) in [6.45, 7) is 6.03. The van der Waals surface area contributed by atoms with E-state index in [9.17, 15) is 0 Å². The molecule has 1 saturated heterocycles. The molecule has 2 aromatic rings. The Morgan fingerprint density at radius 1 is 1.43 bits per heavy atom. The lowest BCUT2D eigenvalue weighted by molar-refractivity contribution is 0.122. The summed E-state index contributed by atoms with van der Waals surface area (Å²) in [6.07, 6.45) is 4.24. The predicted molar refractivity (Wildman–Crippen MR) is 84.6 cm³/mol. The number of hydrogen-bond acceptors (Lipinski definition) is 5. The molecule has 0 amide bonds. The maximum absolute atomic E-state index is 5.80. The van der Waals surface area contributed by atoms with E-state index < -0.39 is 0 Å². The Kier molecular flexibility index (Phi) is 4.83. The third-order valence-electron chi connectivity index (χ3n) is 3.76. The van der Waals surface area contributed by atoms with E-state index in [4.69, 9.17) is 4.74 Å². The van der Waals surface area contributed by atoms with Gasteiger partial charge in [0.25, 0.3) is 0 Å². The smallest absolute Gasteiger partial charge is 0.213 e. The van der Waals surface area contributed by atoms with Crippen LogP contribution in [-0.2, 0) is 6.54 Å². The normalized spacial score (nSPS) is 19.6. The Bertz CT molecular complexity index is 558. The molecule has 1 unspecified atom stereocenters. The molecule has 112 valence electrons. The molecule has 4 nitrogen and oxygen atoms in total. The van der Waals surface area contributed by atoms with Gasteiger partial charge < -0.3 is 4.74 Å². The molecule has 21 heavy (non-hydrogen) atoms. The first-order valence-electron chi connectivity index (χ1n) is 7.47. The number of nitrogens with zero attached hydrogens (tertiary/aromatic N) is 3. The fourth-order valence-corrected chi connectivity index (χ4v) is 3.38. The van der Waals surface area contributed by atoms with Crippen molar-refractivity contribution in [3.63, 3.8) is 0 Å². The van der Waals surface area contributed by atoms with Gasteiger partial charge in [-0.15, -0.1) is 11.3 Å². The Hall–Kier alpha value is -1.46. The van der Waals surface area contributed by atoms with Crippen LogP contribution in [0.5, 0.6) is 5.88 Å². The average Bonchev–Trinajstić information content (AvgIpc) is 2.92. The van der Waals surface area contributed by atoms with Gasteiger partial charge in [0, 0.05) is 36.7 Å².